The van der Waals surface area contributed by atoms with Crippen molar-refractivity contribution in [3.05, 3.63) is 5.01 Å². The molecule has 0 saturated heterocycles. The molecule has 78 valence electrons. The van der Waals surface area contributed by atoms with E-state index in [4.69, 9.17) is 10.5 Å². The number of rotatable bonds is 4. The van der Waals surface area contributed by atoms with Gasteiger partial charge in [0.2, 0.25) is 10.1 Å². The second-order valence-electron chi connectivity index (χ2n) is 2.78. The third kappa shape index (κ3) is 2.93. The summed E-state index contributed by atoms with van der Waals surface area (Å²) in [7, 11) is 1.57. The second-order valence-corrected chi connectivity index (χ2v) is 3.78. The van der Waals surface area contributed by atoms with Crippen molar-refractivity contribution in [3.63, 3.8) is 0 Å². The number of hydrogen-bond donors (Lipinski definition) is 2. The molecule has 7 heteroatoms. The third-order valence-electron chi connectivity index (χ3n) is 1.43. The number of amides is 1. The van der Waals surface area contributed by atoms with Gasteiger partial charge in [0, 0.05) is 13.2 Å². The molecule has 1 atom stereocenters. The second kappa shape index (κ2) is 4.87. The fourth-order valence-corrected chi connectivity index (χ4v) is 1.42. The number of nitrogens with zero attached hydrogens (tertiary/aromatic N) is 2. The molecule has 1 aromatic rings. The Labute approximate surface area is 85.5 Å². The first kappa shape index (κ1) is 10.9. The number of methoxy groups -OCH3 is 1. The lowest BCUT2D eigenvalue weighted by atomic mass is 10.3. The van der Waals surface area contributed by atoms with Crippen molar-refractivity contribution >= 4 is 22.4 Å². The zero-order valence-electron chi connectivity index (χ0n) is 7.98. The molecule has 0 radical (unpaired) electrons. The van der Waals surface area contributed by atoms with E-state index in [0.29, 0.717) is 6.61 Å². The summed E-state index contributed by atoms with van der Waals surface area (Å²) in [6, 6.07) is -0.0578. The molecule has 0 bridgehead atoms. The van der Waals surface area contributed by atoms with E-state index in [-0.39, 0.29) is 22.1 Å². The molecule has 1 heterocycles. The minimum atomic E-state index is -0.274. The first-order chi connectivity index (χ1) is 6.63. The van der Waals surface area contributed by atoms with Gasteiger partial charge >= 0.3 is 0 Å². The molecule has 1 amide bonds. The number of aromatic nitrogens is 2. The average Bonchev–Trinajstić information content (AvgIpc) is 2.52. The van der Waals surface area contributed by atoms with Crippen molar-refractivity contribution in [1.82, 2.24) is 15.5 Å². The highest BCUT2D eigenvalue weighted by atomic mass is 32.1. The lowest BCUT2D eigenvalue weighted by Gasteiger charge is -2.10. The molecule has 0 aliphatic carbocycles. The molecule has 3 N–H and O–H groups in total. The number of ether oxygens (including phenoxy) is 1. The van der Waals surface area contributed by atoms with E-state index in [2.05, 4.69) is 15.5 Å². The minimum absolute atomic E-state index is 0.0578. The van der Waals surface area contributed by atoms with Gasteiger partial charge in [-0.3, -0.25) is 4.79 Å². The Kier molecular flexibility index (Phi) is 3.78. The van der Waals surface area contributed by atoms with Crippen LogP contribution in [0.3, 0.4) is 0 Å². The van der Waals surface area contributed by atoms with E-state index >= 15 is 0 Å². The molecule has 0 fully saturated rings. The first-order valence-corrected chi connectivity index (χ1v) is 4.84. The maximum atomic E-state index is 11.4. The van der Waals surface area contributed by atoms with Crippen molar-refractivity contribution in [3.8, 4) is 0 Å². The van der Waals surface area contributed by atoms with Crippen molar-refractivity contribution in [2.24, 2.45) is 0 Å². The molecule has 0 aliphatic rings. The lowest BCUT2D eigenvalue weighted by Crippen LogP contribution is -2.35. The standard InChI is InChI=1S/C7H12N4O2S/c1-4(3-13-2)9-5(12)6-10-11-7(8)14-6/h4H,3H2,1-2H3,(H2,8,11)(H,9,12). The monoisotopic (exact) mass is 216 g/mol. The van der Waals surface area contributed by atoms with E-state index < -0.39 is 0 Å². The average molecular weight is 216 g/mol. The molecule has 0 aromatic carbocycles. The van der Waals surface area contributed by atoms with E-state index in [1.165, 1.54) is 0 Å². The van der Waals surface area contributed by atoms with Gasteiger partial charge in [0.1, 0.15) is 0 Å². The molecular weight excluding hydrogens is 204 g/mol. The first-order valence-electron chi connectivity index (χ1n) is 4.02. The van der Waals surface area contributed by atoms with Crippen LogP contribution in [0.4, 0.5) is 5.13 Å². The number of carbonyl (C=O) groups is 1. The normalized spacial score (nSPS) is 12.4. The van der Waals surface area contributed by atoms with Gasteiger partial charge in [-0.15, -0.1) is 10.2 Å². The fourth-order valence-electron chi connectivity index (χ4n) is 0.904. The smallest absolute Gasteiger partial charge is 0.282 e. The summed E-state index contributed by atoms with van der Waals surface area (Å²) in [5.41, 5.74) is 5.35. The van der Waals surface area contributed by atoms with Crippen LogP contribution in [0.5, 0.6) is 0 Å². The van der Waals surface area contributed by atoms with E-state index in [1.807, 2.05) is 6.92 Å². The van der Waals surface area contributed by atoms with Crippen LogP contribution in [0.15, 0.2) is 0 Å². The summed E-state index contributed by atoms with van der Waals surface area (Å²) < 4.78 is 4.87. The summed E-state index contributed by atoms with van der Waals surface area (Å²) >= 11 is 1.06. The fraction of sp³-hybridized carbons (Fsp3) is 0.571. The SMILES string of the molecule is COCC(C)NC(=O)c1nnc(N)s1. The lowest BCUT2D eigenvalue weighted by molar-refractivity contribution is 0.0904. The van der Waals surface area contributed by atoms with Crippen LogP contribution in [0, 0.1) is 0 Å². The van der Waals surface area contributed by atoms with Gasteiger partial charge in [-0.05, 0) is 6.92 Å². The zero-order valence-corrected chi connectivity index (χ0v) is 8.80. The number of hydrogen-bond acceptors (Lipinski definition) is 6. The van der Waals surface area contributed by atoms with E-state index in [9.17, 15) is 4.79 Å². The highest BCUT2D eigenvalue weighted by molar-refractivity contribution is 7.16. The molecule has 0 spiro atoms. The van der Waals surface area contributed by atoms with Gasteiger partial charge in [-0.2, -0.15) is 0 Å². The summed E-state index contributed by atoms with van der Waals surface area (Å²) in [6.45, 7) is 2.30. The third-order valence-corrected chi connectivity index (χ3v) is 2.18. The zero-order chi connectivity index (χ0) is 10.6. The van der Waals surface area contributed by atoms with Crippen LogP contribution in [0.1, 0.15) is 16.7 Å². The van der Waals surface area contributed by atoms with Gasteiger partial charge in [0.25, 0.3) is 5.91 Å². The summed E-state index contributed by atoms with van der Waals surface area (Å²) in [5, 5.41) is 10.4. The van der Waals surface area contributed by atoms with Crippen molar-refractivity contribution in [1.29, 1.82) is 0 Å². The summed E-state index contributed by atoms with van der Waals surface area (Å²) in [5.74, 6) is -0.274. The summed E-state index contributed by atoms with van der Waals surface area (Å²) in [6.07, 6.45) is 0. The number of nitrogen functional groups attached to an aromatic ring is 1. The molecule has 0 aliphatic heterocycles. The predicted octanol–water partition coefficient (Wildman–Crippen LogP) is -0.115. The molecule has 6 nitrogen and oxygen atoms in total. The van der Waals surface area contributed by atoms with Gasteiger partial charge in [0.15, 0.2) is 0 Å². The maximum Gasteiger partial charge on any atom is 0.282 e. The Hall–Kier alpha value is -1.21. The van der Waals surface area contributed by atoms with Gasteiger partial charge < -0.3 is 15.8 Å². The van der Waals surface area contributed by atoms with Gasteiger partial charge in [-0.1, -0.05) is 11.3 Å². The topological polar surface area (TPSA) is 90.1 Å². The Bertz CT molecular complexity index is 314. The van der Waals surface area contributed by atoms with Crippen LogP contribution in [0.2, 0.25) is 0 Å². The molecule has 1 aromatic heterocycles. The van der Waals surface area contributed by atoms with Crippen molar-refractivity contribution in [2.45, 2.75) is 13.0 Å². The summed E-state index contributed by atoms with van der Waals surface area (Å²) in [4.78, 5) is 11.4. The van der Waals surface area contributed by atoms with Crippen molar-refractivity contribution < 1.29 is 9.53 Å². The Morgan fingerprint density at radius 3 is 2.93 bits per heavy atom. The van der Waals surface area contributed by atoms with Crippen LogP contribution >= 0.6 is 11.3 Å². The quantitative estimate of drug-likeness (QED) is 0.732. The minimum Gasteiger partial charge on any atom is -0.383 e. The van der Waals surface area contributed by atoms with Crippen LogP contribution in [-0.4, -0.2) is 35.9 Å². The number of nitrogens with two attached hydrogens (primary N) is 1. The number of nitrogens with one attached hydrogen (secondary N) is 1. The Balaban J connectivity index is 2.50. The molecule has 0 saturated carbocycles. The van der Waals surface area contributed by atoms with E-state index in [1.54, 1.807) is 7.11 Å². The number of carbonyl (C=O) groups excluding carboxylic acids is 1. The maximum absolute atomic E-state index is 11.4. The molecule has 14 heavy (non-hydrogen) atoms. The highest BCUT2D eigenvalue weighted by Gasteiger charge is 2.13. The Morgan fingerprint density at radius 2 is 2.43 bits per heavy atom. The van der Waals surface area contributed by atoms with Gasteiger partial charge in [-0.25, -0.2) is 0 Å². The molecular formula is C7H12N4O2S. The largest absolute Gasteiger partial charge is 0.383 e. The van der Waals surface area contributed by atoms with Gasteiger partial charge in [0.05, 0.1) is 6.61 Å². The highest BCUT2D eigenvalue weighted by Crippen LogP contribution is 2.10. The van der Waals surface area contributed by atoms with Crippen LogP contribution < -0.4 is 11.1 Å². The van der Waals surface area contributed by atoms with Crippen molar-refractivity contribution in [2.75, 3.05) is 19.5 Å². The molecule has 1 rings (SSSR count). The molecule has 1 unspecified atom stereocenters. The Morgan fingerprint density at radius 1 is 1.71 bits per heavy atom. The predicted molar refractivity (Wildman–Crippen MR) is 53.1 cm³/mol. The number of anilines is 1. The van der Waals surface area contributed by atoms with Crippen LogP contribution in [0.25, 0.3) is 0 Å². The van der Waals surface area contributed by atoms with E-state index in [0.717, 1.165) is 11.3 Å². The van der Waals surface area contributed by atoms with Crippen LogP contribution in [-0.2, 0) is 4.74 Å².